The van der Waals surface area contributed by atoms with Gasteiger partial charge in [-0.2, -0.15) is 0 Å². The number of amides is 1. The lowest BCUT2D eigenvalue weighted by molar-refractivity contribution is 0.0619. The smallest absolute Gasteiger partial charge is 0.255 e. The van der Waals surface area contributed by atoms with Crippen molar-refractivity contribution in [1.29, 1.82) is 0 Å². The van der Waals surface area contributed by atoms with Crippen molar-refractivity contribution in [2.75, 3.05) is 14.2 Å². The minimum atomic E-state index is -0.167. The quantitative estimate of drug-likeness (QED) is 0.848. The highest BCUT2D eigenvalue weighted by molar-refractivity contribution is 9.10. The molecule has 0 aromatic heterocycles. The van der Waals surface area contributed by atoms with Crippen LogP contribution in [0.3, 0.4) is 0 Å². The number of carbonyl (C=O) groups excluding carboxylic acids is 1. The van der Waals surface area contributed by atoms with Crippen LogP contribution in [0.2, 0.25) is 0 Å². The predicted octanol–water partition coefficient (Wildman–Crippen LogP) is 3.72. The average Bonchev–Trinajstić information content (AvgIpc) is 2.37. The van der Waals surface area contributed by atoms with Gasteiger partial charge in [-0.15, -0.1) is 0 Å². The SMILES string of the molecule is CCC(C)(C)N(C)C(=O)c1cc(OC)ccc1Br. The first-order chi connectivity index (χ1) is 8.33. The summed E-state index contributed by atoms with van der Waals surface area (Å²) in [6.07, 6.45) is 0.900. The molecule has 18 heavy (non-hydrogen) atoms. The maximum absolute atomic E-state index is 12.5. The van der Waals surface area contributed by atoms with E-state index >= 15 is 0 Å². The molecule has 4 heteroatoms. The van der Waals surface area contributed by atoms with Crippen molar-refractivity contribution in [3.8, 4) is 5.75 Å². The second-order valence-electron chi connectivity index (χ2n) is 4.88. The van der Waals surface area contributed by atoms with E-state index in [0.29, 0.717) is 11.3 Å². The van der Waals surface area contributed by atoms with E-state index < -0.39 is 0 Å². The van der Waals surface area contributed by atoms with E-state index in [2.05, 4.69) is 36.7 Å². The molecule has 0 radical (unpaired) electrons. The van der Waals surface area contributed by atoms with Gasteiger partial charge in [0.05, 0.1) is 12.7 Å². The molecule has 0 aliphatic rings. The van der Waals surface area contributed by atoms with Gasteiger partial charge in [-0.05, 0) is 54.4 Å². The van der Waals surface area contributed by atoms with Gasteiger partial charge < -0.3 is 9.64 Å². The van der Waals surface area contributed by atoms with E-state index in [1.807, 2.05) is 19.2 Å². The largest absolute Gasteiger partial charge is 0.497 e. The Balaban J connectivity index is 3.11. The first-order valence-corrected chi connectivity index (χ1v) is 6.74. The molecule has 0 heterocycles. The molecule has 1 amide bonds. The van der Waals surface area contributed by atoms with E-state index in [9.17, 15) is 4.79 Å². The first kappa shape index (κ1) is 15.0. The third-order valence-electron chi connectivity index (χ3n) is 3.48. The number of carbonyl (C=O) groups is 1. The average molecular weight is 314 g/mol. The summed E-state index contributed by atoms with van der Waals surface area (Å²) in [6.45, 7) is 6.18. The van der Waals surface area contributed by atoms with Crippen LogP contribution in [0, 0.1) is 0 Å². The van der Waals surface area contributed by atoms with Crippen molar-refractivity contribution in [2.24, 2.45) is 0 Å². The van der Waals surface area contributed by atoms with Crippen LogP contribution in [-0.2, 0) is 0 Å². The Bertz CT molecular complexity index is 443. The Kier molecular flexibility index (Phi) is 4.79. The van der Waals surface area contributed by atoms with E-state index in [4.69, 9.17) is 4.74 Å². The Labute approximate surface area is 117 Å². The van der Waals surface area contributed by atoms with Crippen LogP contribution >= 0.6 is 15.9 Å². The second-order valence-corrected chi connectivity index (χ2v) is 5.73. The van der Waals surface area contributed by atoms with Crippen LogP contribution in [0.5, 0.6) is 5.75 Å². The van der Waals surface area contributed by atoms with Gasteiger partial charge >= 0.3 is 0 Å². The second kappa shape index (κ2) is 5.74. The zero-order valence-corrected chi connectivity index (χ0v) is 13.2. The van der Waals surface area contributed by atoms with Gasteiger partial charge in [0, 0.05) is 17.1 Å². The summed E-state index contributed by atoms with van der Waals surface area (Å²) in [7, 11) is 3.43. The molecule has 3 nitrogen and oxygen atoms in total. The standard InChI is InChI=1S/C14H20BrNO2/c1-6-14(2,3)16(4)13(17)11-9-10(18-5)7-8-12(11)15/h7-9H,6H2,1-5H3. The molecule has 1 aromatic rings. The molecule has 0 spiro atoms. The lowest BCUT2D eigenvalue weighted by atomic mass is 9.99. The van der Waals surface area contributed by atoms with Gasteiger partial charge in [-0.3, -0.25) is 4.79 Å². The summed E-state index contributed by atoms with van der Waals surface area (Å²) >= 11 is 3.41. The molecule has 100 valence electrons. The summed E-state index contributed by atoms with van der Waals surface area (Å²) < 4.78 is 5.94. The molecule has 0 aliphatic carbocycles. The third kappa shape index (κ3) is 3.05. The molecule has 0 atom stereocenters. The van der Waals surface area contributed by atoms with Crippen molar-refractivity contribution < 1.29 is 9.53 Å². The number of methoxy groups -OCH3 is 1. The Morgan fingerprint density at radius 3 is 2.56 bits per heavy atom. The Morgan fingerprint density at radius 2 is 2.06 bits per heavy atom. The molecule has 0 unspecified atom stereocenters. The summed E-state index contributed by atoms with van der Waals surface area (Å²) in [5.41, 5.74) is 0.456. The maximum atomic E-state index is 12.5. The lowest BCUT2D eigenvalue weighted by Crippen LogP contribution is -2.44. The van der Waals surface area contributed by atoms with Gasteiger partial charge in [-0.25, -0.2) is 0 Å². The zero-order valence-electron chi connectivity index (χ0n) is 11.6. The summed E-state index contributed by atoms with van der Waals surface area (Å²) in [5.74, 6) is 0.678. The van der Waals surface area contributed by atoms with Gasteiger partial charge in [0.2, 0.25) is 0 Å². The van der Waals surface area contributed by atoms with E-state index in [0.717, 1.165) is 10.9 Å². The number of halogens is 1. The van der Waals surface area contributed by atoms with Crippen LogP contribution in [0.25, 0.3) is 0 Å². The molecule has 0 saturated carbocycles. The van der Waals surface area contributed by atoms with Gasteiger partial charge in [0.1, 0.15) is 5.75 Å². The summed E-state index contributed by atoms with van der Waals surface area (Å²) in [5, 5.41) is 0. The van der Waals surface area contributed by atoms with Crippen LogP contribution in [0.1, 0.15) is 37.6 Å². The van der Waals surface area contributed by atoms with Crippen molar-refractivity contribution in [3.63, 3.8) is 0 Å². The topological polar surface area (TPSA) is 29.5 Å². The summed E-state index contributed by atoms with van der Waals surface area (Å²) in [6, 6.07) is 5.42. The van der Waals surface area contributed by atoms with E-state index in [1.165, 1.54) is 0 Å². The molecule has 0 N–H and O–H groups in total. The molecule has 0 fully saturated rings. The first-order valence-electron chi connectivity index (χ1n) is 5.95. The minimum Gasteiger partial charge on any atom is -0.497 e. The Hall–Kier alpha value is -1.03. The van der Waals surface area contributed by atoms with Crippen LogP contribution in [0.15, 0.2) is 22.7 Å². The van der Waals surface area contributed by atoms with Gasteiger partial charge in [0.25, 0.3) is 5.91 Å². The molecule has 1 aromatic carbocycles. The normalized spacial score (nSPS) is 11.2. The third-order valence-corrected chi connectivity index (χ3v) is 4.17. The number of hydrogen-bond donors (Lipinski definition) is 0. The fourth-order valence-electron chi connectivity index (χ4n) is 1.49. The van der Waals surface area contributed by atoms with Crippen molar-refractivity contribution in [3.05, 3.63) is 28.2 Å². The summed E-state index contributed by atoms with van der Waals surface area (Å²) in [4.78, 5) is 14.2. The number of rotatable bonds is 4. The van der Waals surface area contributed by atoms with Crippen LogP contribution < -0.4 is 4.74 Å². The van der Waals surface area contributed by atoms with Gasteiger partial charge in [-0.1, -0.05) is 6.92 Å². The fraction of sp³-hybridized carbons (Fsp3) is 0.500. The van der Waals surface area contributed by atoms with Crippen LogP contribution in [0.4, 0.5) is 0 Å². The Morgan fingerprint density at radius 1 is 1.44 bits per heavy atom. The van der Waals surface area contributed by atoms with Crippen molar-refractivity contribution >= 4 is 21.8 Å². The molecular formula is C14H20BrNO2. The molecular weight excluding hydrogens is 294 g/mol. The minimum absolute atomic E-state index is 0.00683. The number of nitrogens with zero attached hydrogens (tertiary/aromatic N) is 1. The lowest BCUT2D eigenvalue weighted by Gasteiger charge is -2.35. The zero-order chi connectivity index (χ0) is 13.9. The van der Waals surface area contributed by atoms with E-state index in [1.54, 1.807) is 18.1 Å². The van der Waals surface area contributed by atoms with Gasteiger partial charge in [0.15, 0.2) is 0 Å². The molecule has 1 rings (SSSR count). The monoisotopic (exact) mass is 313 g/mol. The number of benzene rings is 1. The van der Waals surface area contributed by atoms with E-state index in [-0.39, 0.29) is 11.4 Å². The highest BCUT2D eigenvalue weighted by Gasteiger charge is 2.27. The highest BCUT2D eigenvalue weighted by atomic mass is 79.9. The number of hydrogen-bond acceptors (Lipinski definition) is 2. The molecule has 0 bridgehead atoms. The maximum Gasteiger partial charge on any atom is 0.255 e. The number of ether oxygens (including phenoxy) is 1. The fourth-order valence-corrected chi connectivity index (χ4v) is 1.90. The van der Waals surface area contributed by atoms with Crippen molar-refractivity contribution in [2.45, 2.75) is 32.7 Å². The predicted molar refractivity (Wildman–Crippen MR) is 77.2 cm³/mol. The van der Waals surface area contributed by atoms with Crippen molar-refractivity contribution in [1.82, 2.24) is 4.90 Å². The van der Waals surface area contributed by atoms with Crippen LogP contribution in [-0.4, -0.2) is 30.5 Å². The molecule has 0 saturated heterocycles. The highest BCUT2D eigenvalue weighted by Crippen LogP contribution is 2.26. The molecule has 0 aliphatic heterocycles.